The van der Waals surface area contributed by atoms with Crippen molar-refractivity contribution >= 4 is 0 Å². The second-order valence-corrected chi connectivity index (χ2v) is 10.9. The summed E-state index contributed by atoms with van der Waals surface area (Å²) >= 11 is 0. The van der Waals surface area contributed by atoms with Crippen molar-refractivity contribution in [1.82, 2.24) is 0 Å². The Kier molecular flexibility index (Phi) is 13.4. The number of aliphatic hydroxyl groups is 13. The summed E-state index contributed by atoms with van der Waals surface area (Å²) in [6.45, 7) is 0.0214. The monoisotopic (exact) mass is 636 g/mol. The maximum absolute atomic E-state index is 11.0. The Morgan fingerprint density at radius 3 is 1.67 bits per heavy atom. The predicted molar refractivity (Wildman–Crippen MR) is 133 cm³/mol. The summed E-state index contributed by atoms with van der Waals surface area (Å²) < 4.78 is 32.9. The van der Waals surface area contributed by atoms with Crippen LogP contribution in [0, 0.1) is 0 Å². The van der Waals surface area contributed by atoms with Crippen LogP contribution in [0.3, 0.4) is 0 Å². The fourth-order valence-corrected chi connectivity index (χ4v) is 5.05. The van der Waals surface area contributed by atoms with E-state index < -0.39 is 136 Å². The van der Waals surface area contributed by atoms with Crippen LogP contribution in [0.4, 0.5) is 0 Å². The summed E-state index contributed by atoms with van der Waals surface area (Å²) in [5.74, 6) is 0. The molecule has 3 aliphatic heterocycles. The molecule has 0 aliphatic carbocycles. The first-order valence-electron chi connectivity index (χ1n) is 13.7. The molecule has 3 rings (SSSR count). The number of ether oxygens (including phenoxy) is 6. The zero-order valence-electron chi connectivity index (χ0n) is 23.4. The van der Waals surface area contributed by atoms with E-state index in [0.29, 0.717) is 0 Å². The molecule has 0 aromatic rings. The fraction of sp³-hybridized carbons (Fsp3) is 1.00. The molecule has 3 heterocycles. The minimum Gasteiger partial charge on any atom is -0.394 e. The number of aliphatic hydroxyl groups excluding tert-OH is 13. The van der Waals surface area contributed by atoms with Crippen molar-refractivity contribution in [1.29, 1.82) is 0 Å². The average Bonchev–Trinajstić information content (AvgIpc) is 2.99. The van der Waals surface area contributed by atoms with Crippen LogP contribution >= 0.6 is 0 Å². The molecule has 0 unspecified atom stereocenters. The van der Waals surface area contributed by atoms with Gasteiger partial charge in [0, 0.05) is 0 Å². The van der Waals surface area contributed by atoms with Crippen molar-refractivity contribution in [2.24, 2.45) is 0 Å². The topological polar surface area (TPSA) is 318 Å². The van der Waals surface area contributed by atoms with E-state index in [4.69, 9.17) is 33.5 Å². The molecule has 254 valence electrons. The third-order valence-electron chi connectivity index (χ3n) is 7.76. The normalized spacial score (nSPS) is 47.1. The van der Waals surface area contributed by atoms with Gasteiger partial charge in [-0.1, -0.05) is 0 Å². The van der Waals surface area contributed by atoms with Crippen LogP contribution in [0.1, 0.15) is 13.8 Å². The second-order valence-electron chi connectivity index (χ2n) is 10.9. The fourth-order valence-electron chi connectivity index (χ4n) is 5.05. The van der Waals surface area contributed by atoms with Crippen molar-refractivity contribution in [3.63, 3.8) is 0 Å². The lowest BCUT2D eigenvalue weighted by atomic mass is 9.96. The molecule has 43 heavy (non-hydrogen) atoms. The lowest BCUT2D eigenvalue weighted by molar-refractivity contribution is -0.380. The Hall–Kier alpha value is -0.760. The Labute approximate surface area is 245 Å². The summed E-state index contributed by atoms with van der Waals surface area (Å²) in [5, 5.41) is 132. The first-order chi connectivity index (χ1) is 20.2. The van der Waals surface area contributed by atoms with Gasteiger partial charge in [0.1, 0.15) is 85.5 Å². The molecule has 0 aromatic heterocycles. The maximum Gasteiger partial charge on any atom is 0.187 e. The highest BCUT2D eigenvalue weighted by molar-refractivity contribution is 4.96. The van der Waals surface area contributed by atoms with Crippen molar-refractivity contribution in [2.45, 2.75) is 130 Å². The van der Waals surface area contributed by atoms with Gasteiger partial charge in [-0.05, 0) is 13.8 Å². The van der Waals surface area contributed by atoms with Crippen molar-refractivity contribution in [2.75, 3.05) is 19.8 Å². The molecule has 3 fully saturated rings. The van der Waals surface area contributed by atoms with Gasteiger partial charge >= 0.3 is 0 Å². The van der Waals surface area contributed by atoms with Crippen LogP contribution < -0.4 is 0 Å². The van der Waals surface area contributed by atoms with E-state index in [2.05, 4.69) is 0 Å². The van der Waals surface area contributed by atoms with E-state index in [1.54, 1.807) is 0 Å². The summed E-state index contributed by atoms with van der Waals surface area (Å²) in [5.41, 5.74) is 0. The standard InChI is InChI=1S/C24H44O19/c1-6-11(30)14(33)16(35)22(38-6)43-21-13(32)10(5-27)40-24(18(21)37)41-19-7(2)39-23(17(36)15(19)34)42-20(9(29)4-26)12(31)8(28)3-25/h6-37H,3-5H2,1-2H3/t6-,7-,8+,9-,10+,11-,12+,13+,14+,15-,16+,17+,18+,19-,20+,21-,22-,23-,24-/m0/s1. The maximum atomic E-state index is 11.0. The number of rotatable bonds is 12. The Bertz CT molecular complexity index is 840. The lowest BCUT2D eigenvalue weighted by Crippen LogP contribution is -2.66. The van der Waals surface area contributed by atoms with Crippen LogP contribution in [0.15, 0.2) is 0 Å². The van der Waals surface area contributed by atoms with Crippen LogP contribution in [-0.2, 0) is 28.4 Å². The molecule has 19 atom stereocenters. The van der Waals surface area contributed by atoms with Gasteiger partial charge in [-0.25, -0.2) is 0 Å². The minimum absolute atomic E-state index is 0.812. The van der Waals surface area contributed by atoms with Crippen molar-refractivity contribution in [3.8, 4) is 0 Å². The summed E-state index contributed by atoms with van der Waals surface area (Å²) in [6, 6.07) is 0. The highest BCUT2D eigenvalue weighted by Crippen LogP contribution is 2.33. The molecule has 0 saturated carbocycles. The van der Waals surface area contributed by atoms with Crippen LogP contribution in [0.5, 0.6) is 0 Å². The molecule has 19 heteroatoms. The van der Waals surface area contributed by atoms with E-state index >= 15 is 0 Å². The van der Waals surface area contributed by atoms with Crippen LogP contribution in [0.2, 0.25) is 0 Å². The zero-order chi connectivity index (χ0) is 32.3. The van der Waals surface area contributed by atoms with Gasteiger partial charge in [-0.2, -0.15) is 0 Å². The summed E-state index contributed by atoms with van der Waals surface area (Å²) in [7, 11) is 0. The van der Waals surface area contributed by atoms with E-state index in [9.17, 15) is 61.3 Å². The molecular formula is C24H44O19. The van der Waals surface area contributed by atoms with Gasteiger partial charge in [-0.15, -0.1) is 0 Å². The molecule has 0 bridgehead atoms. The molecule has 0 amide bonds. The molecule has 3 saturated heterocycles. The predicted octanol–water partition coefficient (Wildman–Crippen LogP) is -8.06. The van der Waals surface area contributed by atoms with E-state index in [0.717, 1.165) is 0 Å². The van der Waals surface area contributed by atoms with Crippen LogP contribution in [-0.4, -0.2) is 203 Å². The van der Waals surface area contributed by atoms with Gasteiger partial charge in [0.15, 0.2) is 18.9 Å². The van der Waals surface area contributed by atoms with E-state index in [1.165, 1.54) is 13.8 Å². The second kappa shape index (κ2) is 15.7. The first-order valence-corrected chi connectivity index (χ1v) is 13.7. The molecule has 13 N–H and O–H groups in total. The first kappa shape index (κ1) is 36.7. The molecule has 0 spiro atoms. The van der Waals surface area contributed by atoms with Gasteiger partial charge < -0.3 is 94.8 Å². The molecule has 0 aromatic carbocycles. The van der Waals surface area contributed by atoms with E-state index in [1.807, 2.05) is 0 Å². The number of hydrogen-bond donors (Lipinski definition) is 13. The molecule has 3 aliphatic rings. The van der Waals surface area contributed by atoms with Gasteiger partial charge in [-0.3, -0.25) is 0 Å². The van der Waals surface area contributed by atoms with Crippen molar-refractivity contribution < 1.29 is 94.8 Å². The Morgan fingerprint density at radius 1 is 0.558 bits per heavy atom. The largest absolute Gasteiger partial charge is 0.394 e. The van der Waals surface area contributed by atoms with Gasteiger partial charge in [0.2, 0.25) is 0 Å². The SMILES string of the molecule is C[C@@H]1O[C@@H](O[C@@H]2[C@@H](O)[C@H](O[C@@H]3[C@@H](O)[C@@H](O)[C@H](O[C@@H]([C@H](O)[C@H](O)CO)[C@@H](O)CO)O[C@H]3C)O[C@H](CO)[C@H]2O)[C@H](O)[C@H](O)[C@H]1O. The quantitative estimate of drug-likeness (QED) is 0.0945. The molecular weight excluding hydrogens is 592 g/mol. The molecule has 0 radical (unpaired) electrons. The van der Waals surface area contributed by atoms with Gasteiger partial charge in [0.05, 0.1) is 32.0 Å². The third-order valence-corrected chi connectivity index (χ3v) is 7.76. The van der Waals surface area contributed by atoms with E-state index in [-0.39, 0.29) is 0 Å². The minimum atomic E-state index is -1.96. The van der Waals surface area contributed by atoms with Crippen molar-refractivity contribution in [3.05, 3.63) is 0 Å². The third kappa shape index (κ3) is 7.97. The zero-order valence-corrected chi connectivity index (χ0v) is 23.4. The highest BCUT2D eigenvalue weighted by atomic mass is 16.8. The molecule has 19 nitrogen and oxygen atoms in total. The summed E-state index contributed by atoms with van der Waals surface area (Å²) in [6.07, 6.45) is -31.8. The lowest BCUT2D eigenvalue weighted by Gasteiger charge is -2.48. The highest BCUT2D eigenvalue weighted by Gasteiger charge is 2.53. The Balaban J connectivity index is 1.73. The Morgan fingerprint density at radius 2 is 1.09 bits per heavy atom. The summed E-state index contributed by atoms with van der Waals surface area (Å²) in [4.78, 5) is 0. The van der Waals surface area contributed by atoms with Crippen LogP contribution in [0.25, 0.3) is 0 Å². The number of hydrogen-bond acceptors (Lipinski definition) is 19. The smallest absolute Gasteiger partial charge is 0.187 e. The van der Waals surface area contributed by atoms with Gasteiger partial charge in [0.25, 0.3) is 0 Å². The average molecular weight is 637 g/mol.